The lowest BCUT2D eigenvalue weighted by atomic mass is 9.83. The number of carboxylic acids is 1. The van der Waals surface area contributed by atoms with Crippen LogP contribution in [0.15, 0.2) is 35.8 Å². The van der Waals surface area contributed by atoms with Crippen LogP contribution < -0.4 is 9.64 Å². The number of aromatic nitrogens is 3. The first-order valence-corrected chi connectivity index (χ1v) is 15.4. The van der Waals surface area contributed by atoms with Gasteiger partial charge in [-0.2, -0.15) is 0 Å². The zero-order valence-corrected chi connectivity index (χ0v) is 23.4. The third-order valence-electron chi connectivity index (χ3n) is 7.15. The number of rotatable bonds is 7. The number of alkyl halides is 3. The molecule has 9 nitrogen and oxygen atoms in total. The summed E-state index contributed by atoms with van der Waals surface area (Å²) in [6, 6.07) is 5.04. The summed E-state index contributed by atoms with van der Waals surface area (Å²) in [6.45, 7) is 1.41. The molecule has 5 heterocycles. The molecule has 0 bridgehead atoms. The average molecular weight is 617 g/mol. The predicted octanol–water partition coefficient (Wildman–Crippen LogP) is 4.92. The molecule has 4 atom stereocenters. The van der Waals surface area contributed by atoms with Crippen molar-refractivity contribution in [1.29, 1.82) is 0 Å². The molecule has 0 aliphatic carbocycles. The topological polar surface area (TPSA) is 123 Å². The first kappa shape index (κ1) is 28.6. The number of thiophene rings is 1. The van der Waals surface area contributed by atoms with Crippen LogP contribution in [0.25, 0.3) is 10.6 Å². The van der Waals surface area contributed by atoms with Gasteiger partial charge in [-0.1, -0.05) is 24.6 Å². The maximum Gasteiger partial charge on any atom is 0.326 e. The van der Waals surface area contributed by atoms with Crippen molar-refractivity contribution < 1.29 is 36.2 Å². The fourth-order valence-electron chi connectivity index (χ4n) is 5.14. The van der Waals surface area contributed by atoms with Crippen LogP contribution in [-0.4, -0.2) is 64.6 Å². The lowest BCUT2D eigenvalue weighted by Crippen LogP contribution is -2.41. The Morgan fingerprint density at radius 3 is 2.75 bits per heavy atom. The minimum absolute atomic E-state index is 0.00967. The highest BCUT2D eigenvalue weighted by Crippen LogP contribution is 2.46. The molecule has 0 unspecified atom stereocenters. The van der Waals surface area contributed by atoms with E-state index in [2.05, 4.69) is 15.0 Å². The van der Waals surface area contributed by atoms with Crippen molar-refractivity contribution in [3.63, 3.8) is 0 Å². The summed E-state index contributed by atoms with van der Waals surface area (Å²) in [5.41, 5.74) is -1.89. The minimum Gasteiger partial charge on any atom is -0.480 e. The van der Waals surface area contributed by atoms with Gasteiger partial charge in [0.2, 0.25) is 5.88 Å². The van der Waals surface area contributed by atoms with E-state index in [9.17, 15) is 27.1 Å². The molecule has 40 heavy (non-hydrogen) atoms. The van der Waals surface area contributed by atoms with Crippen molar-refractivity contribution in [2.45, 2.75) is 44.0 Å². The van der Waals surface area contributed by atoms with Gasteiger partial charge in [-0.05, 0) is 17.5 Å². The van der Waals surface area contributed by atoms with Gasteiger partial charge < -0.3 is 14.7 Å². The minimum atomic E-state index is -3.41. The monoisotopic (exact) mass is 616 g/mol. The zero-order chi connectivity index (χ0) is 28.8. The average Bonchev–Trinajstić information content (AvgIpc) is 3.58. The number of sulfone groups is 1. The van der Waals surface area contributed by atoms with Crippen LogP contribution in [-0.2, 0) is 20.3 Å². The van der Waals surface area contributed by atoms with Gasteiger partial charge in [-0.3, -0.25) is 0 Å². The molecule has 2 saturated heterocycles. The fourth-order valence-corrected chi connectivity index (χ4v) is 7.79. The van der Waals surface area contributed by atoms with Crippen molar-refractivity contribution in [2.24, 2.45) is 5.92 Å². The molecule has 15 heteroatoms. The molecule has 0 saturated carbocycles. The van der Waals surface area contributed by atoms with Crippen LogP contribution in [0, 0.1) is 5.92 Å². The SMILES string of the molecule is C[C@H]1CS(=O)(=O)CC[C@]1(F)c1cc(Cl)cnc1O[C@H]1C[C@@H](C(=O)O)N(c2cc(-c3cccs3)nc(C(F)F)n2)C1. The van der Waals surface area contributed by atoms with Crippen LogP contribution in [0.4, 0.5) is 19.0 Å². The Morgan fingerprint density at radius 2 is 2.10 bits per heavy atom. The lowest BCUT2D eigenvalue weighted by Gasteiger charge is -2.36. The summed E-state index contributed by atoms with van der Waals surface area (Å²) < 4.78 is 73.9. The summed E-state index contributed by atoms with van der Waals surface area (Å²) in [5, 5.41) is 11.8. The number of anilines is 1. The Morgan fingerprint density at radius 1 is 1.32 bits per heavy atom. The van der Waals surface area contributed by atoms with Gasteiger partial charge in [0.25, 0.3) is 6.43 Å². The van der Waals surface area contributed by atoms with Crippen LogP contribution >= 0.6 is 22.9 Å². The van der Waals surface area contributed by atoms with Crippen LogP contribution in [0.5, 0.6) is 5.88 Å². The Hall–Kier alpha value is -2.97. The zero-order valence-electron chi connectivity index (χ0n) is 21.0. The van der Waals surface area contributed by atoms with Crippen LogP contribution in [0.2, 0.25) is 5.02 Å². The van der Waals surface area contributed by atoms with Crippen LogP contribution in [0.1, 0.15) is 37.6 Å². The Labute approximate surface area is 236 Å². The van der Waals surface area contributed by atoms with E-state index in [0.717, 1.165) is 0 Å². The molecule has 0 amide bonds. The van der Waals surface area contributed by atoms with Gasteiger partial charge in [0.1, 0.15) is 23.6 Å². The van der Waals surface area contributed by atoms with Crippen molar-refractivity contribution >= 4 is 44.6 Å². The summed E-state index contributed by atoms with van der Waals surface area (Å²) in [6.07, 6.45) is -2.96. The Kier molecular flexibility index (Phi) is 7.70. The highest BCUT2D eigenvalue weighted by atomic mass is 35.5. The molecule has 5 rings (SSSR count). The number of halogens is 4. The van der Waals surface area contributed by atoms with E-state index in [1.807, 2.05) is 0 Å². The first-order valence-electron chi connectivity index (χ1n) is 12.3. The second-order valence-corrected chi connectivity index (χ2v) is 13.5. The third-order valence-corrected chi connectivity index (χ3v) is 10.1. The highest BCUT2D eigenvalue weighted by molar-refractivity contribution is 7.91. The Balaban J connectivity index is 1.47. The van der Waals surface area contributed by atoms with E-state index in [1.54, 1.807) is 17.5 Å². The summed E-state index contributed by atoms with van der Waals surface area (Å²) in [7, 11) is -3.41. The second kappa shape index (κ2) is 10.8. The highest BCUT2D eigenvalue weighted by Gasteiger charge is 2.48. The summed E-state index contributed by atoms with van der Waals surface area (Å²) in [4.78, 5) is 26.2. The van der Waals surface area contributed by atoms with E-state index in [0.29, 0.717) is 4.88 Å². The molecule has 0 spiro atoms. The quantitative estimate of drug-likeness (QED) is 0.394. The van der Waals surface area contributed by atoms with E-state index >= 15 is 4.39 Å². The standard InChI is InChI=1S/C25H24ClF3N4O5S2/c1-13-12-40(36,37)6-4-25(13,29)16-7-14(26)10-30-23(16)38-15-8-18(24(34)35)33(11-15)20-9-17(19-3-2-5-39-19)31-22(32-20)21(27)28/h2-3,5,7,9-10,13,15,18,21H,4,6,8,11-12H2,1H3,(H,34,35)/t13-,15-,18-,25+/m0/s1. The van der Waals surface area contributed by atoms with Crippen molar-refractivity contribution in [1.82, 2.24) is 15.0 Å². The first-order chi connectivity index (χ1) is 18.9. The third kappa shape index (κ3) is 5.61. The number of carboxylic acid groups (broad SMARTS) is 1. The molecule has 2 aliphatic heterocycles. The van der Waals surface area contributed by atoms with Crippen molar-refractivity contribution in [3.8, 4) is 16.5 Å². The lowest BCUT2D eigenvalue weighted by molar-refractivity contribution is -0.138. The number of carbonyl (C=O) groups is 1. The molecule has 0 radical (unpaired) electrons. The van der Waals surface area contributed by atoms with Crippen molar-refractivity contribution in [2.75, 3.05) is 23.0 Å². The molecule has 1 N–H and O–H groups in total. The van der Waals surface area contributed by atoms with E-state index in [-0.39, 0.29) is 58.9 Å². The normalized spacial score (nSPS) is 26.2. The van der Waals surface area contributed by atoms with Crippen molar-refractivity contribution in [3.05, 3.63) is 52.3 Å². The molecule has 3 aromatic rings. The van der Waals surface area contributed by atoms with Gasteiger partial charge in [-0.15, -0.1) is 11.3 Å². The molecule has 214 valence electrons. The van der Waals surface area contributed by atoms with Gasteiger partial charge in [0.05, 0.1) is 39.2 Å². The van der Waals surface area contributed by atoms with Gasteiger partial charge in [-0.25, -0.2) is 41.3 Å². The maximum absolute atomic E-state index is 16.4. The largest absolute Gasteiger partial charge is 0.480 e. The van der Waals surface area contributed by atoms with Gasteiger partial charge >= 0.3 is 5.97 Å². The van der Waals surface area contributed by atoms with Gasteiger partial charge in [0.15, 0.2) is 15.7 Å². The molecular formula is C25H24ClF3N4O5S2. The van der Waals surface area contributed by atoms with E-state index < -0.39 is 51.8 Å². The number of aliphatic carboxylic acids is 1. The molecule has 2 aliphatic rings. The molecule has 2 fully saturated rings. The molecule has 3 aromatic heterocycles. The number of hydrogen-bond acceptors (Lipinski definition) is 9. The smallest absolute Gasteiger partial charge is 0.326 e. The number of hydrogen-bond donors (Lipinski definition) is 1. The number of nitrogens with zero attached hydrogens (tertiary/aromatic N) is 4. The molecule has 0 aromatic carbocycles. The molecular weight excluding hydrogens is 593 g/mol. The van der Waals surface area contributed by atoms with E-state index in [4.69, 9.17) is 16.3 Å². The fraction of sp³-hybridized carbons (Fsp3) is 0.440. The van der Waals surface area contributed by atoms with E-state index in [1.165, 1.54) is 41.5 Å². The number of ether oxygens (including phenoxy) is 1. The predicted molar refractivity (Wildman–Crippen MR) is 143 cm³/mol. The Bertz CT molecular complexity index is 1530. The van der Waals surface area contributed by atoms with Gasteiger partial charge in [0, 0.05) is 31.0 Å². The maximum atomic E-state index is 16.4. The number of pyridine rings is 1. The van der Waals surface area contributed by atoms with Crippen LogP contribution in [0.3, 0.4) is 0 Å². The summed E-state index contributed by atoms with van der Waals surface area (Å²) >= 11 is 7.41. The second-order valence-electron chi connectivity index (χ2n) is 9.86. The summed E-state index contributed by atoms with van der Waals surface area (Å²) in [5.74, 6) is -3.74.